The second-order valence-corrected chi connectivity index (χ2v) is 5.43. The molecule has 0 radical (unpaired) electrons. The molecule has 5 unspecified atom stereocenters. The minimum absolute atomic E-state index is 0.129. The summed E-state index contributed by atoms with van der Waals surface area (Å²) < 4.78 is 0. The van der Waals surface area contributed by atoms with Gasteiger partial charge in [-0.2, -0.15) is 5.10 Å². The number of nitrogens with two attached hydrogens (primary N) is 1. The van der Waals surface area contributed by atoms with Crippen LogP contribution in [0.5, 0.6) is 0 Å². The van der Waals surface area contributed by atoms with E-state index in [2.05, 4.69) is 10.5 Å². The van der Waals surface area contributed by atoms with E-state index >= 15 is 0 Å². The van der Waals surface area contributed by atoms with Crippen LogP contribution in [-0.4, -0.2) is 22.9 Å². The number of aliphatic hydroxyl groups excluding tert-OH is 1. The highest BCUT2D eigenvalue weighted by Crippen LogP contribution is 2.52. The highest BCUT2D eigenvalue weighted by molar-refractivity contribution is 5.92. The van der Waals surface area contributed by atoms with E-state index in [1.165, 1.54) is 12.8 Å². The maximum atomic E-state index is 10.2. The molecule has 4 saturated carbocycles. The Morgan fingerprint density at radius 1 is 1.38 bits per heavy atom. The highest BCUT2D eigenvalue weighted by atomic mass is 16.3. The predicted octanol–water partition coefficient (Wildman–Crippen LogP) is 0.252. The molecule has 0 spiro atoms. The van der Waals surface area contributed by atoms with Crippen LogP contribution < -0.4 is 11.2 Å². The molecule has 88 valence electrons. The molecule has 0 aromatic carbocycles. The minimum atomic E-state index is -0.222. The van der Waals surface area contributed by atoms with Crippen molar-refractivity contribution in [3.8, 4) is 0 Å². The van der Waals surface area contributed by atoms with Gasteiger partial charge in [-0.25, -0.2) is 5.43 Å². The molecule has 5 atom stereocenters. The first-order valence-electron chi connectivity index (χ1n) is 6.00. The zero-order valence-corrected chi connectivity index (χ0v) is 9.19. The quantitative estimate of drug-likeness (QED) is 0.291. The summed E-state index contributed by atoms with van der Waals surface area (Å²) in [7, 11) is 0. The molecule has 0 aliphatic heterocycles. The first-order valence-corrected chi connectivity index (χ1v) is 6.00. The highest BCUT2D eigenvalue weighted by Gasteiger charge is 2.51. The molecule has 4 bridgehead atoms. The average Bonchev–Trinajstić information content (AvgIpc) is 2.23. The lowest BCUT2D eigenvalue weighted by Gasteiger charge is -2.52. The molecule has 4 rings (SSSR count). The molecule has 5 nitrogen and oxygen atoms in total. The fourth-order valence-corrected chi connectivity index (χ4v) is 3.92. The van der Waals surface area contributed by atoms with Crippen LogP contribution in [0.2, 0.25) is 0 Å². The molecule has 5 N–H and O–H groups in total. The van der Waals surface area contributed by atoms with Gasteiger partial charge in [0, 0.05) is 17.5 Å². The molecular weight excluding hydrogens is 204 g/mol. The van der Waals surface area contributed by atoms with Gasteiger partial charge < -0.3 is 10.8 Å². The van der Waals surface area contributed by atoms with Crippen molar-refractivity contribution in [3.05, 3.63) is 0 Å². The minimum Gasteiger partial charge on any atom is -0.392 e. The Bertz CT molecular complexity index is 354. The lowest BCUT2D eigenvalue weighted by molar-refractivity contribution is -0.0325. The lowest BCUT2D eigenvalue weighted by atomic mass is 9.54. The van der Waals surface area contributed by atoms with Crippen molar-refractivity contribution in [1.29, 1.82) is 5.41 Å². The third kappa shape index (κ3) is 1.42. The SMILES string of the molecule is N=C(N)N/N=C1/C2CC3CC(C2)C(O)C1C3. The van der Waals surface area contributed by atoms with Crippen molar-refractivity contribution in [3.63, 3.8) is 0 Å². The number of hydrogen-bond donors (Lipinski definition) is 4. The summed E-state index contributed by atoms with van der Waals surface area (Å²) >= 11 is 0. The van der Waals surface area contributed by atoms with Gasteiger partial charge in [-0.1, -0.05) is 0 Å². The molecule has 0 aromatic heterocycles. The van der Waals surface area contributed by atoms with E-state index in [1.54, 1.807) is 0 Å². The maximum Gasteiger partial charge on any atom is 0.206 e. The summed E-state index contributed by atoms with van der Waals surface area (Å²) in [4.78, 5) is 0. The van der Waals surface area contributed by atoms with Gasteiger partial charge in [0.1, 0.15) is 0 Å². The topological polar surface area (TPSA) is 94.5 Å². The van der Waals surface area contributed by atoms with Crippen molar-refractivity contribution in [2.24, 2.45) is 34.5 Å². The number of guanidine groups is 1. The van der Waals surface area contributed by atoms with Crippen molar-refractivity contribution < 1.29 is 5.11 Å². The Kier molecular flexibility index (Phi) is 2.17. The van der Waals surface area contributed by atoms with Crippen LogP contribution >= 0.6 is 0 Å². The summed E-state index contributed by atoms with van der Waals surface area (Å²) in [6.45, 7) is 0. The standard InChI is InChI=1S/C11H18N4O/c12-11(13)15-14-9-6-1-5-2-7(4-6)10(16)8(9)3-5/h5-8,10,16H,1-4H2,(H4,12,13,15)/b14-9-. The number of aliphatic hydroxyl groups is 1. The van der Waals surface area contributed by atoms with Crippen molar-refractivity contribution in [2.45, 2.75) is 31.8 Å². The summed E-state index contributed by atoms with van der Waals surface area (Å²) in [5.74, 6) is 1.86. The number of nitrogens with zero attached hydrogens (tertiary/aromatic N) is 1. The van der Waals surface area contributed by atoms with Crippen LogP contribution in [0, 0.1) is 29.1 Å². The fourth-order valence-electron chi connectivity index (χ4n) is 3.92. The van der Waals surface area contributed by atoms with E-state index in [0.717, 1.165) is 24.5 Å². The van der Waals surface area contributed by atoms with E-state index in [9.17, 15) is 5.11 Å². The molecule has 5 heteroatoms. The molecular formula is C11H18N4O. The van der Waals surface area contributed by atoms with Crippen molar-refractivity contribution in [1.82, 2.24) is 5.43 Å². The van der Waals surface area contributed by atoms with Gasteiger partial charge >= 0.3 is 0 Å². The molecule has 16 heavy (non-hydrogen) atoms. The van der Waals surface area contributed by atoms with Gasteiger partial charge in [0.05, 0.1) is 6.10 Å². The first-order chi connectivity index (χ1) is 7.65. The van der Waals surface area contributed by atoms with Crippen LogP contribution in [0.15, 0.2) is 5.10 Å². The summed E-state index contributed by atoms with van der Waals surface area (Å²) in [5.41, 5.74) is 8.82. The van der Waals surface area contributed by atoms with Crippen LogP contribution in [0.4, 0.5) is 0 Å². The van der Waals surface area contributed by atoms with Crippen LogP contribution in [0.3, 0.4) is 0 Å². The number of hydrogen-bond acceptors (Lipinski definition) is 3. The van der Waals surface area contributed by atoms with Gasteiger partial charge in [0.25, 0.3) is 0 Å². The van der Waals surface area contributed by atoms with E-state index in [0.29, 0.717) is 11.8 Å². The van der Waals surface area contributed by atoms with Crippen LogP contribution in [0.25, 0.3) is 0 Å². The fraction of sp³-hybridized carbons (Fsp3) is 0.818. The van der Waals surface area contributed by atoms with Crippen LogP contribution in [0.1, 0.15) is 25.7 Å². The van der Waals surface area contributed by atoms with E-state index in [1.807, 2.05) is 0 Å². The van der Waals surface area contributed by atoms with Gasteiger partial charge in [-0.3, -0.25) is 5.41 Å². The molecule has 4 aliphatic rings. The lowest BCUT2D eigenvalue weighted by Crippen LogP contribution is -2.54. The van der Waals surface area contributed by atoms with Gasteiger partial charge in [-0.15, -0.1) is 0 Å². The Morgan fingerprint density at radius 2 is 2.19 bits per heavy atom. The van der Waals surface area contributed by atoms with Gasteiger partial charge in [-0.05, 0) is 37.5 Å². The Hall–Kier alpha value is -1.10. The number of nitrogens with one attached hydrogen (secondary N) is 2. The predicted molar refractivity (Wildman–Crippen MR) is 60.9 cm³/mol. The Balaban J connectivity index is 1.85. The Morgan fingerprint density at radius 3 is 2.94 bits per heavy atom. The monoisotopic (exact) mass is 222 g/mol. The summed E-state index contributed by atoms with van der Waals surface area (Å²) in [6, 6.07) is 0. The van der Waals surface area contributed by atoms with E-state index in [-0.39, 0.29) is 18.0 Å². The average molecular weight is 222 g/mol. The van der Waals surface area contributed by atoms with Crippen molar-refractivity contribution in [2.75, 3.05) is 0 Å². The molecule has 4 fully saturated rings. The summed E-state index contributed by atoms with van der Waals surface area (Å²) in [5, 5.41) is 21.5. The molecule has 0 aromatic rings. The smallest absolute Gasteiger partial charge is 0.206 e. The third-order valence-electron chi connectivity index (χ3n) is 4.43. The summed E-state index contributed by atoms with van der Waals surface area (Å²) in [6.07, 6.45) is 4.30. The Labute approximate surface area is 94.6 Å². The van der Waals surface area contributed by atoms with E-state index < -0.39 is 0 Å². The zero-order valence-electron chi connectivity index (χ0n) is 9.19. The molecule has 4 aliphatic carbocycles. The third-order valence-corrected chi connectivity index (χ3v) is 4.43. The molecule has 0 heterocycles. The number of hydrazone groups is 1. The normalized spacial score (nSPS) is 47.3. The second kappa shape index (κ2) is 3.45. The molecule has 0 amide bonds. The van der Waals surface area contributed by atoms with Crippen LogP contribution in [-0.2, 0) is 0 Å². The number of rotatable bonds is 1. The van der Waals surface area contributed by atoms with E-state index in [4.69, 9.17) is 11.1 Å². The first kappa shape index (κ1) is 10.1. The van der Waals surface area contributed by atoms with Crippen molar-refractivity contribution >= 4 is 11.7 Å². The maximum absolute atomic E-state index is 10.2. The molecule has 0 saturated heterocycles. The zero-order chi connectivity index (χ0) is 11.3. The largest absolute Gasteiger partial charge is 0.392 e. The second-order valence-electron chi connectivity index (χ2n) is 5.43. The van der Waals surface area contributed by atoms with Gasteiger partial charge in [0.15, 0.2) is 0 Å². The van der Waals surface area contributed by atoms with Gasteiger partial charge in [0.2, 0.25) is 5.96 Å².